The topological polar surface area (TPSA) is 173 Å². The number of nitrogens with zero attached hydrogens (tertiary/aromatic N) is 4. The Morgan fingerprint density at radius 2 is 2.20 bits per heavy atom. The first kappa shape index (κ1) is 23.4. The van der Waals surface area contributed by atoms with E-state index >= 15 is 0 Å². The quantitative estimate of drug-likeness (QED) is 0.226. The maximum absolute atomic E-state index is 12.9. The molecule has 1 aromatic carbocycles. The van der Waals surface area contributed by atoms with E-state index in [0.717, 1.165) is 23.1 Å². The van der Waals surface area contributed by atoms with Crippen molar-refractivity contribution in [2.75, 3.05) is 25.1 Å². The summed E-state index contributed by atoms with van der Waals surface area (Å²) in [5, 5.41) is 18.0. The number of carboxylic acid groups (broad SMARTS) is 1. The van der Waals surface area contributed by atoms with Crippen LogP contribution in [0.25, 0.3) is 11.1 Å². The number of hydrogen-bond donors (Lipinski definition) is 3. The van der Waals surface area contributed by atoms with Crippen LogP contribution in [0.15, 0.2) is 44.4 Å². The second-order valence-electron chi connectivity index (χ2n) is 7.66. The molecule has 12 nitrogen and oxygen atoms in total. The van der Waals surface area contributed by atoms with Gasteiger partial charge in [0.25, 0.3) is 11.1 Å². The molecule has 2 aliphatic heterocycles. The number of carbonyl (C=O) groups is 3. The highest BCUT2D eigenvalue weighted by Crippen LogP contribution is 2.46. The number of nitrogens with one attached hydrogen (secondary N) is 1. The van der Waals surface area contributed by atoms with Crippen LogP contribution in [0.1, 0.15) is 5.69 Å². The Balaban J connectivity index is 1.30. The zero-order valence-electron chi connectivity index (χ0n) is 18.0. The predicted molar refractivity (Wildman–Crippen MR) is 130 cm³/mol. The van der Waals surface area contributed by atoms with Crippen molar-refractivity contribution >= 4 is 74.6 Å². The van der Waals surface area contributed by atoms with Gasteiger partial charge in [0.15, 0.2) is 16.4 Å². The van der Waals surface area contributed by atoms with Crippen LogP contribution >= 0.6 is 34.9 Å². The van der Waals surface area contributed by atoms with Crippen LogP contribution in [0.2, 0.25) is 0 Å². The molecule has 0 saturated carbocycles. The first-order valence-electron chi connectivity index (χ1n) is 10.1. The highest BCUT2D eigenvalue weighted by atomic mass is 32.2. The van der Waals surface area contributed by atoms with E-state index in [1.54, 1.807) is 23.6 Å². The molecule has 2 saturated heterocycles. The van der Waals surface area contributed by atoms with E-state index in [2.05, 4.69) is 20.4 Å². The van der Waals surface area contributed by atoms with Gasteiger partial charge in [0.05, 0.1) is 0 Å². The van der Waals surface area contributed by atoms with Gasteiger partial charge in [0.1, 0.15) is 34.5 Å². The van der Waals surface area contributed by atoms with Crippen molar-refractivity contribution in [1.82, 2.24) is 20.2 Å². The first-order chi connectivity index (χ1) is 16.8. The number of aromatic nitrogens is 2. The molecule has 5 rings (SSSR count). The fourth-order valence-electron chi connectivity index (χ4n) is 3.75. The third-order valence-corrected chi connectivity index (χ3v) is 9.02. The van der Waals surface area contributed by atoms with E-state index in [1.807, 2.05) is 6.07 Å². The number of carbonyl (C=O) groups excluding carboxylic acids is 2. The monoisotopic (exact) mass is 534 g/mol. The molecule has 4 heterocycles. The van der Waals surface area contributed by atoms with Crippen molar-refractivity contribution in [3.63, 3.8) is 0 Å². The van der Waals surface area contributed by atoms with E-state index in [4.69, 9.17) is 15.0 Å². The number of nitrogen functional groups attached to an aromatic ring is 1. The minimum absolute atomic E-state index is 0.0593. The molecule has 2 unspecified atom stereocenters. The van der Waals surface area contributed by atoms with Gasteiger partial charge in [-0.05, 0) is 23.9 Å². The molecule has 0 radical (unpaired) electrons. The molecule has 182 valence electrons. The Hall–Kier alpha value is -3.30. The van der Waals surface area contributed by atoms with E-state index in [1.165, 1.54) is 23.8 Å². The molecule has 0 spiro atoms. The molecule has 2 aliphatic rings. The average molecular weight is 535 g/mol. The lowest BCUT2D eigenvalue weighted by Crippen LogP contribution is -2.74. The van der Waals surface area contributed by atoms with Crippen LogP contribution in [0.4, 0.5) is 5.13 Å². The van der Waals surface area contributed by atoms with E-state index in [9.17, 15) is 19.5 Å². The third-order valence-electron chi connectivity index (χ3n) is 5.45. The van der Waals surface area contributed by atoms with E-state index in [0.29, 0.717) is 11.1 Å². The van der Waals surface area contributed by atoms with E-state index < -0.39 is 33.9 Å². The summed E-state index contributed by atoms with van der Waals surface area (Å²) < 4.78 is 4.35. The second-order valence-corrected chi connectivity index (χ2v) is 11.0. The Morgan fingerprint density at radius 1 is 1.40 bits per heavy atom. The number of rotatable bonds is 7. The molecule has 3 aromatic rings. The summed E-state index contributed by atoms with van der Waals surface area (Å²) in [7, 11) is 1.29. The molecule has 15 heteroatoms. The molecule has 35 heavy (non-hydrogen) atoms. The number of carboxylic acids is 1. The number of oxazole rings is 1. The summed E-state index contributed by atoms with van der Waals surface area (Å²) in [4.78, 5) is 52.6. The molecular weight excluding hydrogens is 516 g/mol. The molecule has 2 fully saturated rings. The fourth-order valence-corrected chi connectivity index (χ4v) is 7.03. The number of anilines is 1. The van der Waals surface area contributed by atoms with Crippen molar-refractivity contribution in [3.8, 4) is 0 Å². The van der Waals surface area contributed by atoms with Crippen LogP contribution in [0, 0.1) is 0 Å². The van der Waals surface area contributed by atoms with Crippen LogP contribution in [-0.4, -0.2) is 79.0 Å². The van der Waals surface area contributed by atoms with Crippen LogP contribution < -0.4 is 11.1 Å². The van der Waals surface area contributed by atoms with Crippen LogP contribution in [0.5, 0.6) is 0 Å². The molecule has 2 amide bonds. The van der Waals surface area contributed by atoms with Crippen molar-refractivity contribution in [2.24, 2.45) is 5.16 Å². The van der Waals surface area contributed by atoms with Gasteiger partial charge in [-0.3, -0.25) is 14.4 Å². The van der Waals surface area contributed by atoms with Gasteiger partial charge in [-0.15, -0.1) is 23.1 Å². The molecule has 3 atom stereocenters. The zero-order valence-corrected chi connectivity index (χ0v) is 20.5. The maximum Gasteiger partial charge on any atom is 0.323 e. The number of nitrogens with two attached hydrogens (primary N) is 1. The lowest BCUT2D eigenvalue weighted by Gasteiger charge is -2.53. The molecule has 0 bridgehead atoms. The Morgan fingerprint density at radius 3 is 2.89 bits per heavy atom. The summed E-state index contributed by atoms with van der Waals surface area (Å²) in [6.07, 6.45) is 0. The smallest absolute Gasteiger partial charge is 0.323 e. The van der Waals surface area contributed by atoms with Crippen molar-refractivity contribution in [1.29, 1.82) is 0 Å². The number of thiazole rings is 1. The second kappa shape index (κ2) is 9.05. The van der Waals surface area contributed by atoms with Crippen LogP contribution in [-0.2, 0) is 19.2 Å². The minimum Gasteiger partial charge on any atom is -0.480 e. The Bertz CT molecular complexity index is 1320. The van der Waals surface area contributed by atoms with Gasteiger partial charge >= 0.3 is 5.97 Å². The van der Waals surface area contributed by atoms with Gasteiger partial charge in [-0.25, -0.2) is 9.97 Å². The number of oxime groups is 1. The largest absolute Gasteiger partial charge is 0.480 e. The zero-order chi connectivity index (χ0) is 24.7. The minimum atomic E-state index is -1.35. The van der Waals surface area contributed by atoms with Crippen molar-refractivity contribution < 1.29 is 28.7 Å². The average Bonchev–Trinajstić information content (AvgIpc) is 3.45. The van der Waals surface area contributed by atoms with Gasteiger partial charge < -0.3 is 30.3 Å². The summed E-state index contributed by atoms with van der Waals surface area (Å²) in [5.74, 6) is -1.94. The van der Waals surface area contributed by atoms with Gasteiger partial charge in [-0.2, -0.15) is 0 Å². The number of aliphatic carboxylic acids is 1. The van der Waals surface area contributed by atoms with Gasteiger partial charge in [0, 0.05) is 17.7 Å². The number of amides is 2. The molecule has 2 aromatic heterocycles. The number of benzene rings is 1. The van der Waals surface area contributed by atoms with Crippen LogP contribution in [0.3, 0.4) is 0 Å². The standard InChI is InChI=1S/C20H18N6O6S3/c1-31-25-12(10-6-33-18(21)22-10)14(27)24-13-15(28)26-7-20(17(29)30,8-34-16(13)26)35-19-23-9-4-2-3-5-11(9)32-19/h2-6,13,16H,7-8H2,1H3,(H2,21,22)(H,24,27)(H,29,30)/t13?,16-,20?/m1/s1. The molecule has 0 aliphatic carbocycles. The lowest BCUT2D eigenvalue weighted by atomic mass is 10.0. The molecular formula is C20H18N6O6S3. The number of fused-ring (bicyclic) bond motifs is 2. The van der Waals surface area contributed by atoms with Gasteiger partial charge in [0.2, 0.25) is 5.91 Å². The Kier molecular flexibility index (Phi) is 6.06. The number of β-lactam (4-membered cyclic amide) rings is 1. The normalized spacial score (nSPS) is 24.1. The van der Waals surface area contributed by atoms with Crippen molar-refractivity contribution in [2.45, 2.75) is 21.4 Å². The van der Waals surface area contributed by atoms with E-state index in [-0.39, 0.29) is 34.1 Å². The third kappa shape index (κ3) is 4.19. The first-order valence-corrected chi connectivity index (χ1v) is 12.9. The number of para-hydroxylation sites is 2. The summed E-state index contributed by atoms with van der Waals surface area (Å²) in [6, 6.07) is 6.29. The molecule has 4 N–H and O–H groups in total. The van der Waals surface area contributed by atoms with Gasteiger partial charge in [-0.1, -0.05) is 17.3 Å². The Labute approximate surface area is 210 Å². The summed E-state index contributed by atoms with van der Waals surface area (Å²) in [6.45, 7) is -0.0593. The highest BCUT2D eigenvalue weighted by Gasteiger charge is 2.58. The fraction of sp³-hybridized carbons (Fsp3) is 0.300. The number of thioether (sulfide) groups is 2. The summed E-state index contributed by atoms with van der Waals surface area (Å²) >= 11 is 3.39. The highest BCUT2D eigenvalue weighted by molar-refractivity contribution is 8.04. The predicted octanol–water partition coefficient (Wildman–Crippen LogP) is 1.23. The maximum atomic E-state index is 12.9. The number of hydrogen-bond acceptors (Lipinski definition) is 12. The van der Waals surface area contributed by atoms with Crippen molar-refractivity contribution in [3.05, 3.63) is 35.3 Å². The summed E-state index contributed by atoms with van der Waals surface area (Å²) in [5.41, 5.74) is 6.93. The SMILES string of the molecule is CON=C(C(=O)NC1C(=O)N2CC(Sc3nc4ccccc4o3)(C(=O)O)CS[C@H]12)c1csc(N)n1. The lowest BCUT2D eigenvalue weighted by molar-refractivity contribution is -0.151.